The van der Waals surface area contributed by atoms with Crippen molar-refractivity contribution in [2.45, 2.75) is 75.4 Å². The van der Waals surface area contributed by atoms with Crippen LogP contribution in [0.5, 0.6) is 0 Å². The van der Waals surface area contributed by atoms with Crippen molar-refractivity contribution < 1.29 is 0 Å². The zero-order valence-corrected chi connectivity index (χ0v) is 15.1. The zero-order valence-electron chi connectivity index (χ0n) is 15.1. The van der Waals surface area contributed by atoms with Gasteiger partial charge >= 0.3 is 0 Å². The van der Waals surface area contributed by atoms with Gasteiger partial charge in [-0.25, -0.2) is 4.68 Å². The molecule has 0 aromatic carbocycles. The van der Waals surface area contributed by atoms with Crippen LogP contribution in [0.1, 0.15) is 69.0 Å². The van der Waals surface area contributed by atoms with Crippen molar-refractivity contribution in [3.63, 3.8) is 0 Å². The summed E-state index contributed by atoms with van der Waals surface area (Å²) in [6.07, 6.45) is 9.74. The summed E-state index contributed by atoms with van der Waals surface area (Å²) in [6.45, 7) is 3.86. The highest BCUT2D eigenvalue weighted by molar-refractivity contribution is 5.13. The fourth-order valence-electron chi connectivity index (χ4n) is 5.24. The van der Waals surface area contributed by atoms with Crippen LogP contribution in [0, 0.1) is 5.92 Å². The van der Waals surface area contributed by atoms with Gasteiger partial charge in [-0.1, -0.05) is 0 Å². The molecule has 1 aromatic rings. The largest absolute Gasteiger partial charge is 0.310 e. The van der Waals surface area contributed by atoms with Gasteiger partial charge in [-0.3, -0.25) is 4.79 Å². The summed E-state index contributed by atoms with van der Waals surface area (Å²) in [4.78, 5) is 14.9. The van der Waals surface area contributed by atoms with E-state index in [1.165, 1.54) is 58.2 Å². The molecule has 5 nitrogen and oxygen atoms in total. The van der Waals surface area contributed by atoms with Crippen molar-refractivity contribution in [2.75, 3.05) is 19.6 Å². The molecule has 1 atom stereocenters. The Morgan fingerprint density at radius 1 is 0.960 bits per heavy atom. The molecule has 3 aliphatic heterocycles. The molecule has 0 amide bonds. The predicted molar refractivity (Wildman–Crippen MR) is 97.9 cm³/mol. The smallest absolute Gasteiger partial charge is 0.267 e. The maximum atomic E-state index is 12.3. The topological polar surface area (TPSA) is 50.2 Å². The van der Waals surface area contributed by atoms with E-state index in [1.807, 2.05) is 6.07 Å². The molecule has 0 radical (unpaired) electrons. The minimum atomic E-state index is 0.0817. The van der Waals surface area contributed by atoms with Crippen molar-refractivity contribution in [1.82, 2.24) is 20.0 Å². The normalized spacial score (nSPS) is 38.0. The highest BCUT2D eigenvalue weighted by Gasteiger charge is 2.36. The molecular weight excluding hydrogens is 312 g/mol. The van der Waals surface area contributed by atoms with Gasteiger partial charge in [0.25, 0.3) is 5.56 Å². The second kappa shape index (κ2) is 6.51. The molecule has 1 aromatic heterocycles. The Morgan fingerprint density at radius 2 is 1.72 bits per heavy atom. The van der Waals surface area contributed by atoms with E-state index in [-0.39, 0.29) is 5.56 Å². The summed E-state index contributed by atoms with van der Waals surface area (Å²) in [5.41, 5.74) is 1.21. The molecule has 1 N–H and O–H groups in total. The van der Waals surface area contributed by atoms with Gasteiger partial charge in [-0.05, 0) is 76.4 Å². The summed E-state index contributed by atoms with van der Waals surface area (Å²) in [5.74, 6) is 1.50. The van der Waals surface area contributed by atoms with Gasteiger partial charge in [-0.2, -0.15) is 5.10 Å². The van der Waals surface area contributed by atoms with Crippen molar-refractivity contribution in [3.8, 4) is 0 Å². The fourth-order valence-corrected chi connectivity index (χ4v) is 5.24. The van der Waals surface area contributed by atoms with Crippen LogP contribution >= 0.6 is 0 Å². The van der Waals surface area contributed by atoms with E-state index in [2.05, 4.69) is 10.2 Å². The third-order valence-corrected chi connectivity index (χ3v) is 6.99. The number of rotatable bonds is 4. The quantitative estimate of drug-likeness (QED) is 0.912. The monoisotopic (exact) mass is 342 g/mol. The molecule has 1 unspecified atom stereocenters. The third-order valence-electron chi connectivity index (χ3n) is 6.99. The van der Waals surface area contributed by atoms with Gasteiger partial charge in [0.1, 0.15) is 0 Å². The molecule has 0 spiro atoms. The highest BCUT2D eigenvalue weighted by atomic mass is 16.1. The first-order valence-corrected chi connectivity index (χ1v) is 10.3. The molecule has 25 heavy (non-hydrogen) atoms. The Morgan fingerprint density at radius 3 is 2.36 bits per heavy atom. The molecule has 6 rings (SSSR count). The van der Waals surface area contributed by atoms with Crippen LogP contribution in [0.25, 0.3) is 0 Å². The maximum Gasteiger partial charge on any atom is 0.267 e. The average molecular weight is 342 g/mol. The Bertz CT molecular complexity index is 667. The lowest BCUT2D eigenvalue weighted by Gasteiger charge is -2.47. The summed E-state index contributed by atoms with van der Waals surface area (Å²) >= 11 is 0. The van der Waals surface area contributed by atoms with E-state index >= 15 is 0 Å². The first-order chi connectivity index (χ1) is 12.3. The van der Waals surface area contributed by atoms with Crippen molar-refractivity contribution in [1.29, 1.82) is 0 Å². The number of nitrogens with one attached hydrogen (secondary N) is 1. The van der Waals surface area contributed by atoms with Gasteiger partial charge < -0.3 is 10.2 Å². The zero-order chi connectivity index (χ0) is 16.8. The van der Waals surface area contributed by atoms with Crippen LogP contribution in [0.3, 0.4) is 0 Å². The number of hydrogen-bond donors (Lipinski definition) is 1. The second-order valence-electron chi connectivity index (χ2n) is 8.73. The van der Waals surface area contributed by atoms with Crippen molar-refractivity contribution in [3.05, 3.63) is 28.2 Å². The molecular formula is C20H30N4O. The molecule has 2 bridgehead atoms. The highest BCUT2D eigenvalue weighted by Crippen LogP contribution is 2.39. The SMILES string of the molecule is O=c1ccc(C2CC2)nn1C1CCC(NC2CN3CCC2CC3)CC1. The Balaban J connectivity index is 1.20. The molecule has 136 valence electrons. The lowest BCUT2D eigenvalue weighted by atomic mass is 9.82. The van der Waals surface area contributed by atoms with Gasteiger partial charge in [0.2, 0.25) is 0 Å². The predicted octanol–water partition coefficient (Wildman–Crippen LogP) is 2.29. The lowest BCUT2D eigenvalue weighted by molar-refractivity contribution is 0.0625. The number of fused-ring (bicyclic) bond motifs is 3. The van der Waals surface area contributed by atoms with Crippen molar-refractivity contribution in [2.24, 2.45) is 5.92 Å². The number of nitrogens with zero attached hydrogens (tertiary/aromatic N) is 3. The minimum Gasteiger partial charge on any atom is -0.310 e. The first kappa shape index (κ1) is 16.0. The van der Waals surface area contributed by atoms with Crippen LogP contribution < -0.4 is 10.9 Å². The summed E-state index contributed by atoms with van der Waals surface area (Å²) in [7, 11) is 0. The number of hydrogen-bond acceptors (Lipinski definition) is 4. The van der Waals surface area contributed by atoms with E-state index < -0.39 is 0 Å². The molecule has 2 aliphatic carbocycles. The molecule has 5 fully saturated rings. The first-order valence-electron chi connectivity index (χ1n) is 10.3. The number of aromatic nitrogens is 2. The lowest BCUT2D eigenvalue weighted by Crippen LogP contribution is -2.58. The molecule has 3 saturated heterocycles. The average Bonchev–Trinajstić information content (AvgIpc) is 3.49. The van der Waals surface area contributed by atoms with Crippen LogP contribution in [0.15, 0.2) is 16.9 Å². The van der Waals surface area contributed by atoms with Crippen LogP contribution in [-0.4, -0.2) is 46.4 Å². The Hall–Kier alpha value is -1.20. The molecule has 5 heteroatoms. The Kier molecular flexibility index (Phi) is 4.17. The van der Waals surface area contributed by atoms with Crippen LogP contribution in [0.4, 0.5) is 0 Å². The van der Waals surface area contributed by atoms with Crippen LogP contribution in [-0.2, 0) is 0 Å². The van der Waals surface area contributed by atoms with E-state index in [9.17, 15) is 4.79 Å². The van der Waals surface area contributed by atoms with Crippen LogP contribution in [0.2, 0.25) is 0 Å². The van der Waals surface area contributed by atoms with Gasteiger partial charge in [0, 0.05) is 30.6 Å². The van der Waals surface area contributed by atoms with E-state index in [1.54, 1.807) is 10.7 Å². The van der Waals surface area contributed by atoms with Crippen molar-refractivity contribution >= 4 is 0 Å². The molecule has 5 aliphatic rings. The summed E-state index contributed by atoms with van der Waals surface area (Å²) in [5, 5.41) is 8.67. The molecule has 2 saturated carbocycles. The van der Waals surface area contributed by atoms with E-state index in [0.29, 0.717) is 24.0 Å². The maximum absolute atomic E-state index is 12.3. The summed E-state index contributed by atoms with van der Waals surface area (Å²) < 4.78 is 1.80. The minimum absolute atomic E-state index is 0.0817. The fraction of sp³-hybridized carbons (Fsp3) is 0.800. The standard InChI is InChI=1S/C20H30N4O/c25-20-8-7-18(14-1-2-14)22-24(20)17-5-3-16(4-6-17)21-19-13-23-11-9-15(19)10-12-23/h7-8,14-17,19,21H,1-6,9-13H2. The third kappa shape index (κ3) is 3.28. The van der Waals surface area contributed by atoms with Gasteiger partial charge in [0.05, 0.1) is 11.7 Å². The second-order valence-corrected chi connectivity index (χ2v) is 8.73. The van der Waals surface area contributed by atoms with Gasteiger partial charge in [-0.15, -0.1) is 0 Å². The van der Waals surface area contributed by atoms with E-state index in [4.69, 9.17) is 5.10 Å². The number of piperidine rings is 3. The summed E-state index contributed by atoms with van der Waals surface area (Å²) in [6, 6.07) is 5.30. The van der Waals surface area contributed by atoms with E-state index in [0.717, 1.165) is 24.5 Å². The van der Waals surface area contributed by atoms with Gasteiger partial charge in [0.15, 0.2) is 0 Å². The Labute approximate surface area is 149 Å². The molecule has 4 heterocycles.